The summed E-state index contributed by atoms with van der Waals surface area (Å²) in [7, 11) is 0. The minimum Gasteiger partial charge on any atom is -0.475 e. The van der Waals surface area contributed by atoms with Gasteiger partial charge in [0.15, 0.2) is 5.65 Å². The van der Waals surface area contributed by atoms with Gasteiger partial charge in [0.1, 0.15) is 5.82 Å². The summed E-state index contributed by atoms with van der Waals surface area (Å²) in [6.07, 6.45) is -1.09. The van der Waals surface area contributed by atoms with Crippen molar-refractivity contribution in [3.8, 4) is 5.88 Å². The SMILES string of the molecule is CC(C)Oc1ncccc1CNc1ccc2nnc(C(F)F)n2n1. The zero-order valence-electron chi connectivity index (χ0n) is 13.1. The molecule has 7 nitrogen and oxygen atoms in total. The van der Waals surface area contributed by atoms with E-state index in [4.69, 9.17) is 4.74 Å². The van der Waals surface area contributed by atoms with Gasteiger partial charge in [-0.3, -0.25) is 0 Å². The highest BCUT2D eigenvalue weighted by Gasteiger charge is 2.17. The average molecular weight is 334 g/mol. The van der Waals surface area contributed by atoms with Crippen LogP contribution in [-0.2, 0) is 6.54 Å². The molecule has 0 aliphatic carbocycles. The Morgan fingerprint density at radius 3 is 2.79 bits per heavy atom. The summed E-state index contributed by atoms with van der Waals surface area (Å²) in [6, 6.07) is 6.90. The number of fused-ring (bicyclic) bond motifs is 1. The molecule has 9 heteroatoms. The van der Waals surface area contributed by atoms with Gasteiger partial charge in [0.2, 0.25) is 11.7 Å². The Morgan fingerprint density at radius 1 is 1.21 bits per heavy atom. The molecule has 0 aliphatic rings. The minimum atomic E-state index is -2.74. The van der Waals surface area contributed by atoms with Crippen LogP contribution in [0.1, 0.15) is 31.7 Å². The average Bonchev–Trinajstić information content (AvgIpc) is 2.97. The maximum atomic E-state index is 12.9. The smallest absolute Gasteiger partial charge is 0.299 e. The van der Waals surface area contributed by atoms with Crippen molar-refractivity contribution in [1.82, 2.24) is 24.8 Å². The molecule has 24 heavy (non-hydrogen) atoms. The first-order valence-electron chi connectivity index (χ1n) is 7.39. The maximum absolute atomic E-state index is 12.9. The predicted molar refractivity (Wildman–Crippen MR) is 83.1 cm³/mol. The van der Waals surface area contributed by atoms with Gasteiger partial charge in [-0.15, -0.1) is 15.3 Å². The van der Waals surface area contributed by atoms with Crippen molar-refractivity contribution >= 4 is 11.5 Å². The summed E-state index contributed by atoms with van der Waals surface area (Å²) in [6.45, 7) is 4.22. The fraction of sp³-hybridized carbons (Fsp3) is 0.333. The molecule has 0 amide bonds. The third-order valence-corrected chi connectivity index (χ3v) is 3.14. The number of alkyl halides is 2. The first kappa shape index (κ1) is 16.0. The fourth-order valence-electron chi connectivity index (χ4n) is 2.11. The van der Waals surface area contributed by atoms with E-state index in [0.29, 0.717) is 18.2 Å². The second-order valence-corrected chi connectivity index (χ2v) is 5.34. The molecule has 0 spiro atoms. The van der Waals surface area contributed by atoms with Crippen LogP contribution in [0.5, 0.6) is 5.88 Å². The number of aromatic nitrogens is 5. The molecule has 0 saturated carbocycles. The van der Waals surface area contributed by atoms with Crippen molar-refractivity contribution in [2.45, 2.75) is 32.9 Å². The van der Waals surface area contributed by atoms with Crippen molar-refractivity contribution < 1.29 is 13.5 Å². The largest absolute Gasteiger partial charge is 0.475 e. The lowest BCUT2D eigenvalue weighted by Crippen LogP contribution is -2.11. The molecule has 0 saturated heterocycles. The Morgan fingerprint density at radius 2 is 2.04 bits per heavy atom. The van der Waals surface area contributed by atoms with E-state index in [1.165, 1.54) is 0 Å². The van der Waals surface area contributed by atoms with E-state index in [-0.39, 0.29) is 11.8 Å². The van der Waals surface area contributed by atoms with Crippen molar-refractivity contribution in [2.24, 2.45) is 0 Å². The van der Waals surface area contributed by atoms with Gasteiger partial charge in [0.05, 0.1) is 6.10 Å². The molecule has 0 unspecified atom stereocenters. The van der Waals surface area contributed by atoms with Crippen LogP contribution in [0, 0.1) is 0 Å². The van der Waals surface area contributed by atoms with Crippen LogP contribution in [0.3, 0.4) is 0 Å². The van der Waals surface area contributed by atoms with Gasteiger partial charge >= 0.3 is 0 Å². The second kappa shape index (κ2) is 6.73. The molecule has 126 valence electrons. The predicted octanol–water partition coefficient (Wildman–Crippen LogP) is 2.86. The molecule has 0 aliphatic heterocycles. The maximum Gasteiger partial charge on any atom is 0.299 e. The molecular formula is C15H16F2N6O. The number of nitrogens with one attached hydrogen (secondary N) is 1. The number of nitrogens with zero attached hydrogens (tertiary/aromatic N) is 5. The molecule has 1 N–H and O–H groups in total. The molecule has 3 rings (SSSR count). The number of anilines is 1. The van der Waals surface area contributed by atoms with Crippen molar-refractivity contribution in [3.63, 3.8) is 0 Å². The first-order valence-corrected chi connectivity index (χ1v) is 7.39. The van der Waals surface area contributed by atoms with E-state index in [1.807, 2.05) is 19.9 Å². The Bertz CT molecular complexity index is 836. The zero-order valence-corrected chi connectivity index (χ0v) is 13.1. The third kappa shape index (κ3) is 3.39. The number of pyridine rings is 1. The summed E-state index contributed by atoms with van der Waals surface area (Å²) >= 11 is 0. The molecule has 0 bridgehead atoms. The van der Waals surface area contributed by atoms with Gasteiger partial charge in [-0.1, -0.05) is 6.07 Å². The Kier molecular flexibility index (Phi) is 4.50. The summed E-state index contributed by atoms with van der Waals surface area (Å²) in [4.78, 5) is 4.20. The summed E-state index contributed by atoms with van der Waals surface area (Å²) < 4.78 is 32.4. The zero-order chi connectivity index (χ0) is 17.1. The van der Waals surface area contributed by atoms with Gasteiger partial charge in [-0.05, 0) is 32.0 Å². The lowest BCUT2D eigenvalue weighted by Gasteiger charge is -2.13. The second-order valence-electron chi connectivity index (χ2n) is 5.34. The molecule has 0 fully saturated rings. The van der Waals surface area contributed by atoms with E-state index < -0.39 is 12.2 Å². The Hall–Kier alpha value is -2.84. The monoisotopic (exact) mass is 334 g/mol. The number of ether oxygens (including phenoxy) is 1. The van der Waals surface area contributed by atoms with Crippen LogP contribution >= 0.6 is 0 Å². The van der Waals surface area contributed by atoms with Crippen LogP contribution in [0.15, 0.2) is 30.5 Å². The number of hydrogen-bond donors (Lipinski definition) is 1. The van der Waals surface area contributed by atoms with Crippen LogP contribution < -0.4 is 10.1 Å². The third-order valence-electron chi connectivity index (χ3n) is 3.14. The minimum absolute atomic E-state index is 0.00116. The van der Waals surface area contributed by atoms with E-state index in [9.17, 15) is 8.78 Å². The van der Waals surface area contributed by atoms with E-state index >= 15 is 0 Å². The topological polar surface area (TPSA) is 77.2 Å². The van der Waals surface area contributed by atoms with E-state index in [2.05, 4.69) is 25.6 Å². The van der Waals surface area contributed by atoms with Crippen molar-refractivity contribution in [3.05, 3.63) is 41.9 Å². The van der Waals surface area contributed by atoms with E-state index in [1.54, 1.807) is 24.4 Å². The van der Waals surface area contributed by atoms with Crippen LogP contribution in [0.2, 0.25) is 0 Å². The molecule has 0 atom stereocenters. The highest BCUT2D eigenvalue weighted by molar-refractivity contribution is 5.44. The normalized spacial score (nSPS) is 11.4. The Labute approximate surface area is 136 Å². The summed E-state index contributed by atoms with van der Waals surface area (Å²) in [5.74, 6) is 0.459. The molecule has 0 radical (unpaired) electrons. The van der Waals surface area contributed by atoms with Crippen LogP contribution in [-0.4, -0.2) is 30.9 Å². The molecule has 3 aromatic rings. The number of rotatable bonds is 6. The summed E-state index contributed by atoms with van der Waals surface area (Å²) in [5.41, 5.74) is 1.10. The van der Waals surface area contributed by atoms with Gasteiger partial charge < -0.3 is 10.1 Å². The highest BCUT2D eigenvalue weighted by Crippen LogP contribution is 2.19. The van der Waals surface area contributed by atoms with Crippen LogP contribution in [0.4, 0.5) is 14.6 Å². The molecule has 3 aromatic heterocycles. The quantitative estimate of drug-likeness (QED) is 0.747. The first-order chi connectivity index (χ1) is 11.5. The van der Waals surface area contributed by atoms with Crippen LogP contribution in [0.25, 0.3) is 5.65 Å². The highest BCUT2D eigenvalue weighted by atomic mass is 19.3. The number of halogens is 2. The number of hydrogen-bond acceptors (Lipinski definition) is 6. The fourth-order valence-corrected chi connectivity index (χ4v) is 2.11. The molecule has 3 heterocycles. The lowest BCUT2D eigenvalue weighted by atomic mass is 10.2. The van der Waals surface area contributed by atoms with Gasteiger partial charge in [0, 0.05) is 18.3 Å². The standard InChI is InChI=1S/C15H16F2N6O/c1-9(2)24-15-10(4-3-7-18-15)8-19-11-5-6-12-20-21-14(13(16)17)23(12)22-11/h3-7,9,13H,8H2,1-2H3,(H,19,22). The molecule has 0 aromatic carbocycles. The summed E-state index contributed by atoms with van der Waals surface area (Å²) in [5, 5.41) is 14.3. The lowest BCUT2D eigenvalue weighted by molar-refractivity contribution is 0.137. The Balaban J connectivity index is 1.80. The van der Waals surface area contributed by atoms with Crippen molar-refractivity contribution in [1.29, 1.82) is 0 Å². The van der Waals surface area contributed by atoms with Gasteiger partial charge in [-0.2, -0.15) is 4.52 Å². The van der Waals surface area contributed by atoms with Crippen molar-refractivity contribution in [2.75, 3.05) is 5.32 Å². The van der Waals surface area contributed by atoms with E-state index in [0.717, 1.165) is 10.1 Å². The molecular weight excluding hydrogens is 318 g/mol. The van der Waals surface area contributed by atoms with Gasteiger partial charge in [0.25, 0.3) is 6.43 Å². The van der Waals surface area contributed by atoms with Gasteiger partial charge in [-0.25, -0.2) is 13.8 Å².